The van der Waals surface area contributed by atoms with Gasteiger partial charge in [-0.05, 0) is 36.4 Å². The summed E-state index contributed by atoms with van der Waals surface area (Å²) in [7, 11) is -3.62. The van der Waals surface area contributed by atoms with Crippen LogP contribution in [0.1, 0.15) is 23.2 Å². The van der Waals surface area contributed by atoms with Crippen molar-refractivity contribution in [1.82, 2.24) is 9.62 Å². The molecule has 3 rings (SSSR count). The Balaban J connectivity index is 1.72. The summed E-state index contributed by atoms with van der Waals surface area (Å²) in [5, 5.41) is 4.13. The van der Waals surface area contributed by atoms with Crippen LogP contribution >= 0.6 is 11.3 Å². The molecule has 2 heterocycles. The summed E-state index contributed by atoms with van der Waals surface area (Å²) in [6.07, 6.45) is 1.24. The van der Waals surface area contributed by atoms with Gasteiger partial charge < -0.3 is 5.32 Å². The van der Waals surface area contributed by atoms with E-state index in [1.807, 2.05) is 0 Å². The predicted octanol–water partition coefficient (Wildman–Crippen LogP) is 2.61. The number of nitrogens with zero attached hydrogens (tertiary/aromatic N) is 1. The number of hydrogen-bond donors (Lipinski definition) is 1. The first-order valence-electron chi connectivity index (χ1n) is 7.69. The monoisotopic (exact) mass is 386 g/mol. The van der Waals surface area contributed by atoms with Crippen molar-refractivity contribution in [1.29, 1.82) is 0 Å². The fourth-order valence-electron chi connectivity index (χ4n) is 2.87. The number of hydrogen-bond acceptors (Lipinski definition) is 4. The topological polar surface area (TPSA) is 66.5 Å². The second-order valence-corrected chi connectivity index (χ2v) is 8.72. The SMILES string of the molecule is O=C(NC[C@@H]1CCCN1S(=O)(=O)c1cccs1)c1c(F)cccc1F. The normalized spacial score (nSPS) is 18.4. The number of rotatable bonds is 5. The molecule has 1 N–H and O–H groups in total. The number of halogens is 2. The van der Waals surface area contributed by atoms with E-state index < -0.39 is 39.2 Å². The van der Waals surface area contributed by atoms with E-state index in [4.69, 9.17) is 0 Å². The van der Waals surface area contributed by atoms with Crippen molar-refractivity contribution in [2.24, 2.45) is 0 Å². The van der Waals surface area contributed by atoms with Crippen LogP contribution in [0.15, 0.2) is 39.9 Å². The molecule has 0 unspecified atom stereocenters. The highest BCUT2D eigenvalue weighted by Crippen LogP contribution is 2.28. The van der Waals surface area contributed by atoms with Gasteiger partial charge in [0.25, 0.3) is 15.9 Å². The summed E-state index contributed by atoms with van der Waals surface area (Å²) in [6.45, 7) is 0.353. The number of thiophene rings is 1. The number of sulfonamides is 1. The van der Waals surface area contributed by atoms with E-state index in [1.165, 1.54) is 16.4 Å². The van der Waals surface area contributed by atoms with Crippen LogP contribution < -0.4 is 5.32 Å². The Morgan fingerprint density at radius 3 is 2.60 bits per heavy atom. The molecular weight excluding hydrogens is 370 g/mol. The smallest absolute Gasteiger partial charge is 0.257 e. The second-order valence-electron chi connectivity index (χ2n) is 5.65. The maximum Gasteiger partial charge on any atom is 0.257 e. The molecule has 1 aliphatic heterocycles. The molecule has 0 saturated carbocycles. The Hall–Kier alpha value is -1.84. The summed E-state index contributed by atoms with van der Waals surface area (Å²) >= 11 is 1.13. The lowest BCUT2D eigenvalue weighted by atomic mass is 10.1. The highest BCUT2D eigenvalue weighted by molar-refractivity contribution is 7.91. The summed E-state index contributed by atoms with van der Waals surface area (Å²) < 4.78 is 54.1. The largest absolute Gasteiger partial charge is 0.350 e. The number of carbonyl (C=O) groups is 1. The van der Waals surface area contributed by atoms with E-state index in [1.54, 1.807) is 11.4 Å². The Morgan fingerprint density at radius 2 is 1.96 bits per heavy atom. The van der Waals surface area contributed by atoms with Crippen LogP contribution in [0, 0.1) is 11.6 Å². The van der Waals surface area contributed by atoms with E-state index in [0.717, 1.165) is 23.5 Å². The van der Waals surface area contributed by atoms with Crippen molar-refractivity contribution >= 4 is 27.3 Å². The van der Waals surface area contributed by atoms with E-state index in [9.17, 15) is 22.0 Å². The molecule has 5 nitrogen and oxygen atoms in total. The van der Waals surface area contributed by atoms with Crippen LogP contribution in [-0.4, -0.2) is 37.8 Å². The molecule has 0 bridgehead atoms. The zero-order valence-corrected chi connectivity index (χ0v) is 14.7. The zero-order valence-electron chi connectivity index (χ0n) is 13.1. The third-order valence-corrected chi connectivity index (χ3v) is 7.39. The van der Waals surface area contributed by atoms with Gasteiger partial charge >= 0.3 is 0 Å². The molecule has 2 aromatic rings. The zero-order chi connectivity index (χ0) is 18.0. The first kappa shape index (κ1) is 18.0. The van der Waals surface area contributed by atoms with Crippen molar-refractivity contribution in [2.75, 3.05) is 13.1 Å². The highest BCUT2D eigenvalue weighted by atomic mass is 32.2. The van der Waals surface area contributed by atoms with Gasteiger partial charge in [0, 0.05) is 19.1 Å². The van der Waals surface area contributed by atoms with Gasteiger partial charge in [-0.15, -0.1) is 11.3 Å². The van der Waals surface area contributed by atoms with Gasteiger partial charge in [0.2, 0.25) is 0 Å². The standard InChI is InChI=1S/C16H16F2N2O3S2/c17-12-5-1-6-13(18)15(12)16(21)19-10-11-4-2-8-20(11)25(22,23)14-7-3-9-24-14/h1,3,5-7,9,11H,2,4,8,10H2,(H,19,21)/t11-/m0/s1. The molecule has 1 aliphatic rings. The minimum Gasteiger partial charge on any atom is -0.350 e. The Morgan fingerprint density at radius 1 is 1.24 bits per heavy atom. The lowest BCUT2D eigenvalue weighted by Gasteiger charge is -2.23. The number of nitrogens with one attached hydrogen (secondary N) is 1. The van der Waals surface area contributed by atoms with Gasteiger partial charge in [-0.2, -0.15) is 4.31 Å². The van der Waals surface area contributed by atoms with E-state index in [-0.39, 0.29) is 10.8 Å². The second kappa shape index (κ2) is 7.19. The molecule has 25 heavy (non-hydrogen) atoms. The Kier molecular flexibility index (Phi) is 5.16. The van der Waals surface area contributed by atoms with Crippen LogP contribution in [0.4, 0.5) is 8.78 Å². The molecule has 1 atom stereocenters. The van der Waals surface area contributed by atoms with E-state index in [2.05, 4.69) is 5.32 Å². The van der Waals surface area contributed by atoms with Crippen LogP contribution in [0.2, 0.25) is 0 Å². The van der Waals surface area contributed by atoms with Gasteiger partial charge in [0.1, 0.15) is 21.4 Å². The van der Waals surface area contributed by atoms with Gasteiger partial charge in [0.15, 0.2) is 0 Å². The quantitative estimate of drug-likeness (QED) is 0.859. The molecule has 1 fully saturated rings. The predicted molar refractivity (Wildman–Crippen MR) is 89.9 cm³/mol. The van der Waals surface area contributed by atoms with Crippen molar-refractivity contribution < 1.29 is 22.0 Å². The molecule has 134 valence electrons. The average Bonchev–Trinajstić information content (AvgIpc) is 3.24. The highest BCUT2D eigenvalue weighted by Gasteiger charge is 2.36. The van der Waals surface area contributed by atoms with E-state index >= 15 is 0 Å². The molecule has 1 saturated heterocycles. The maximum atomic E-state index is 13.6. The Bertz CT molecular complexity index is 849. The summed E-state index contributed by atoms with van der Waals surface area (Å²) in [4.78, 5) is 12.1. The number of benzene rings is 1. The van der Waals surface area contributed by atoms with Crippen molar-refractivity contribution in [3.8, 4) is 0 Å². The lowest BCUT2D eigenvalue weighted by Crippen LogP contribution is -2.43. The molecule has 0 aliphatic carbocycles. The summed E-state index contributed by atoms with van der Waals surface area (Å²) in [6, 6.07) is 5.93. The Labute approximate surface area is 148 Å². The van der Waals surface area contributed by atoms with Crippen LogP contribution in [0.3, 0.4) is 0 Å². The fraction of sp³-hybridized carbons (Fsp3) is 0.312. The number of amides is 1. The molecule has 1 aromatic carbocycles. The first-order valence-corrected chi connectivity index (χ1v) is 10.0. The fourth-order valence-corrected chi connectivity index (χ4v) is 5.68. The molecule has 1 aromatic heterocycles. The minimum atomic E-state index is -3.62. The van der Waals surface area contributed by atoms with Crippen molar-refractivity contribution in [3.63, 3.8) is 0 Å². The molecule has 1 amide bonds. The van der Waals surface area contributed by atoms with Gasteiger partial charge in [-0.1, -0.05) is 12.1 Å². The molecule has 9 heteroatoms. The summed E-state index contributed by atoms with van der Waals surface area (Å²) in [5.74, 6) is -2.80. The van der Waals surface area contributed by atoms with Crippen LogP contribution in [0.5, 0.6) is 0 Å². The van der Waals surface area contributed by atoms with Gasteiger partial charge in [-0.3, -0.25) is 4.79 Å². The van der Waals surface area contributed by atoms with Crippen molar-refractivity contribution in [3.05, 3.63) is 52.9 Å². The molecule has 0 radical (unpaired) electrons. The minimum absolute atomic E-state index is 0.00277. The van der Waals surface area contributed by atoms with Crippen LogP contribution in [-0.2, 0) is 10.0 Å². The van der Waals surface area contributed by atoms with E-state index in [0.29, 0.717) is 19.4 Å². The van der Waals surface area contributed by atoms with Crippen LogP contribution in [0.25, 0.3) is 0 Å². The third-order valence-electron chi connectivity index (χ3n) is 4.07. The number of carbonyl (C=O) groups excluding carboxylic acids is 1. The lowest BCUT2D eigenvalue weighted by molar-refractivity contribution is 0.0938. The van der Waals surface area contributed by atoms with Crippen molar-refractivity contribution in [2.45, 2.75) is 23.1 Å². The third kappa shape index (κ3) is 3.58. The summed E-state index contributed by atoms with van der Waals surface area (Å²) in [5.41, 5.74) is -0.659. The van der Waals surface area contributed by atoms with Gasteiger partial charge in [0.05, 0.1) is 0 Å². The maximum absolute atomic E-state index is 13.6. The average molecular weight is 386 g/mol. The first-order chi connectivity index (χ1) is 11.9. The molecule has 0 spiro atoms. The molecular formula is C16H16F2N2O3S2. The van der Waals surface area contributed by atoms with Gasteiger partial charge in [-0.25, -0.2) is 17.2 Å².